The largest absolute Gasteiger partial charge is 0.449 e. The number of carbonyl (C=O) groups is 1. The van der Waals surface area contributed by atoms with Crippen molar-refractivity contribution in [3.05, 3.63) is 35.9 Å². The van der Waals surface area contributed by atoms with Crippen LogP contribution in [0.4, 0.5) is 4.79 Å². The van der Waals surface area contributed by atoms with Crippen molar-refractivity contribution in [1.29, 1.82) is 0 Å². The van der Waals surface area contributed by atoms with E-state index >= 15 is 0 Å². The number of ether oxygens (including phenoxy) is 1. The molecule has 0 aromatic heterocycles. The predicted octanol–water partition coefficient (Wildman–Crippen LogP) is 2.92. The van der Waals surface area contributed by atoms with E-state index in [1.54, 1.807) is 0 Å². The Bertz CT molecular complexity index is 439. The van der Waals surface area contributed by atoms with Crippen LogP contribution < -0.4 is 5.73 Å². The summed E-state index contributed by atoms with van der Waals surface area (Å²) >= 11 is 0. The molecule has 2 rings (SSSR count). The predicted molar refractivity (Wildman–Crippen MR) is 84.2 cm³/mol. The van der Waals surface area contributed by atoms with Gasteiger partial charge in [-0.25, -0.2) is 4.79 Å². The molecule has 1 amide bonds. The van der Waals surface area contributed by atoms with Crippen LogP contribution in [0.5, 0.6) is 0 Å². The number of hydrogen-bond acceptors (Lipinski definition) is 3. The molecule has 1 aliphatic heterocycles. The van der Waals surface area contributed by atoms with E-state index in [-0.39, 0.29) is 11.5 Å². The number of unbranched alkanes of at least 4 members (excludes halogenated alkanes) is 1. The van der Waals surface area contributed by atoms with Crippen molar-refractivity contribution in [2.24, 2.45) is 5.73 Å². The SMILES string of the molecule is CCCCOC(=O)N1CCC(CN)(c2ccccc2)CC1. The Kier molecular flexibility index (Phi) is 5.62. The van der Waals surface area contributed by atoms with Gasteiger partial charge in [0.2, 0.25) is 0 Å². The van der Waals surface area contributed by atoms with Crippen LogP contribution in [0.15, 0.2) is 30.3 Å². The molecule has 0 unspecified atom stereocenters. The van der Waals surface area contributed by atoms with E-state index in [0.29, 0.717) is 13.2 Å². The fraction of sp³-hybridized carbons (Fsp3) is 0.588. The molecule has 1 aliphatic rings. The van der Waals surface area contributed by atoms with Crippen molar-refractivity contribution >= 4 is 6.09 Å². The van der Waals surface area contributed by atoms with Gasteiger partial charge in [0.15, 0.2) is 0 Å². The Morgan fingerprint density at radius 1 is 1.29 bits per heavy atom. The monoisotopic (exact) mass is 290 g/mol. The van der Waals surface area contributed by atoms with Gasteiger partial charge in [-0.15, -0.1) is 0 Å². The number of nitrogens with two attached hydrogens (primary N) is 1. The molecule has 0 radical (unpaired) electrons. The Morgan fingerprint density at radius 2 is 1.95 bits per heavy atom. The zero-order valence-electron chi connectivity index (χ0n) is 12.9. The fourth-order valence-corrected chi connectivity index (χ4v) is 2.91. The molecule has 4 heteroatoms. The maximum Gasteiger partial charge on any atom is 0.409 e. The highest BCUT2D eigenvalue weighted by Gasteiger charge is 2.36. The first-order valence-electron chi connectivity index (χ1n) is 7.89. The van der Waals surface area contributed by atoms with Crippen LogP contribution in [0.25, 0.3) is 0 Å². The number of hydrogen-bond donors (Lipinski definition) is 1. The van der Waals surface area contributed by atoms with Gasteiger partial charge in [0.05, 0.1) is 6.61 Å². The number of carbonyl (C=O) groups excluding carboxylic acids is 1. The molecule has 21 heavy (non-hydrogen) atoms. The molecule has 1 fully saturated rings. The first kappa shape index (κ1) is 15.8. The number of rotatable bonds is 5. The molecule has 116 valence electrons. The first-order valence-corrected chi connectivity index (χ1v) is 7.89. The number of piperidine rings is 1. The third-order valence-electron chi connectivity index (χ3n) is 4.48. The topological polar surface area (TPSA) is 55.6 Å². The van der Waals surface area contributed by atoms with Crippen LogP contribution in [0, 0.1) is 0 Å². The van der Waals surface area contributed by atoms with Crippen LogP contribution in [0.2, 0.25) is 0 Å². The van der Waals surface area contributed by atoms with Gasteiger partial charge in [-0.3, -0.25) is 0 Å². The Labute approximate surface area is 127 Å². The van der Waals surface area contributed by atoms with Gasteiger partial charge in [0.25, 0.3) is 0 Å². The van der Waals surface area contributed by atoms with Crippen LogP contribution in [-0.2, 0) is 10.2 Å². The fourth-order valence-electron chi connectivity index (χ4n) is 2.91. The van der Waals surface area contributed by atoms with Gasteiger partial charge >= 0.3 is 6.09 Å². The van der Waals surface area contributed by atoms with E-state index in [1.165, 1.54) is 5.56 Å². The van der Waals surface area contributed by atoms with Crippen LogP contribution in [-0.4, -0.2) is 37.2 Å². The highest BCUT2D eigenvalue weighted by atomic mass is 16.6. The van der Waals surface area contributed by atoms with E-state index in [2.05, 4.69) is 31.2 Å². The molecule has 1 saturated heterocycles. The van der Waals surface area contributed by atoms with Gasteiger partial charge in [-0.05, 0) is 24.8 Å². The summed E-state index contributed by atoms with van der Waals surface area (Å²) in [5.41, 5.74) is 7.34. The molecular formula is C17H26N2O2. The standard InChI is InChI=1S/C17H26N2O2/c1-2-3-13-21-16(20)19-11-9-17(14-18,10-12-19)15-7-5-4-6-8-15/h4-8H,2-3,9-14,18H2,1H3. The van der Waals surface area contributed by atoms with Crippen molar-refractivity contribution in [3.8, 4) is 0 Å². The average molecular weight is 290 g/mol. The van der Waals surface area contributed by atoms with Crippen LogP contribution in [0.3, 0.4) is 0 Å². The minimum Gasteiger partial charge on any atom is -0.449 e. The van der Waals surface area contributed by atoms with E-state index in [4.69, 9.17) is 10.5 Å². The van der Waals surface area contributed by atoms with Gasteiger partial charge in [-0.2, -0.15) is 0 Å². The third kappa shape index (κ3) is 3.76. The highest BCUT2D eigenvalue weighted by molar-refractivity contribution is 5.67. The summed E-state index contributed by atoms with van der Waals surface area (Å²) in [6, 6.07) is 10.4. The van der Waals surface area contributed by atoms with Gasteiger partial charge < -0.3 is 15.4 Å². The normalized spacial score (nSPS) is 17.5. The molecule has 0 bridgehead atoms. The number of amides is 1. The zero-order chi connectivity index (χ0) is 15.1. The highest BCUT2D eigenvalue weighted by Crippen LogP contribution is 2.34. The summed E-state index contributed by atoms with van der Waals surface area (Å²) < 4.78 is 5.29. The maximum atomic E-state index is 12.0. The first-order chi connectivity index (χ1) is 10.2. The zero-order valence-corrected chi connectivity index (χ0v) is 12.9. The van der Waals surface area contributed by atoms with Crippen molar-refractivity contribution < 1.29 is 9.53 Å². The van der Waals surface area contributed by atoms with Gasteiger partial charge in [0, 0.05) is 25.0 Å². The number of benzene rings is 1. The average Bonchev–Trinajstić information content (AvgIpc) is 2.56. The van der Waals surface area contributed by atoms with Crippen molar-refractivity contribution in [2.75, 3.05) is 26.2 Å². The second kappa shape index (κ2) is 7.46. The molecule has 2 N–H and O–H groups in total. The molecule has 1 heterocycles. The summed E-state index contributed by atoms with van der Waals surface area (Å²) in [7, 11) is 0. The summed E-state index contributed by atoms with van der Waals surface area (Å²) in [5.74, 6) is 0. The quantitative estimate of drug-likeness (QED) is 0.848. The molecule has 0 atom stereocenters. The summed E-state index contributed by atoms with van der Waals surface area (Å²) in [4.78, 5) is 13.8. The van der Waals surface area contributed by atoms with Crippen molar-refractivity contribution in [1.82, 2.24) is 4.90 Å². The van der Waals surface area contributed by atoms with E-state index in [1.807, 2.05) is 11.0 Å². The van der Waals surface area contributed by atoms with E-state index in [0.717, 1.165) is 38.8 Å². The Hall–Kier alpha value is -1.55. The Balaban J connectivity index is 1.93. The minimum atomic E-state index is -0.179. The molecular weight excluding hydrogens is 264 g/mol. The lowest BCUT2D eigenvalue weighted by Crippen LogP contribution is -2.48. The summed E-state index contributed by atoms with van der Waals surface area (Å²) in [6.45, 7) is 4.67. The lowest BCUT2D eigenvalue weighted by Gasteiger charge is -2.41. The van der Waals surface area contributed by atoms with Crippen molar-refractivity contribution in [2.45, 2.75) is 38.0 Å². The third-order valence-corrected chi connectivity index (χ3v) is 4.48. The molecule has 0 aliphatic carbocycles. The van der Waals surface area contributed by atoms with Gasteiger partial charge in [0.1, 0.15) is 0 Å². The second-order valence-corrected chi connectivity index (χ2v) is 5.81. The van der Waals surface area contributed by atoms with Crippen molar-refractivity contribution in [3.63, 3.8) is 0 Å². The molecule has 0 spiro atoms. The van der Waals surface area contributed by atoms with Crippen LogP contribution in [0.1, 0.15) is 38.2 Å². The Morgan fingerprint density at radius 3 is 2.52 bits per heavy atom. The summed E-state index contributed by atoms with van der Waals surface area (Å²) in [5, 5.41) is 0. The second-order valence-electron chi connectivity index (χ2n) is 5.81. The smallest absolute Gasteiger partial charge is 0.409 e. The summed E-state index contributed by atoms with van der Waals surface area (Å²) in [6.07, 6.45) is 3.59. The lowest BCUT2D eigenvalue weighted by atomic mass is 9.73. The molecule has 1 aromatic carbocycles. The van der Waals surface area contributed by atoms with E-state index in [9.17, 15) is 4.79 Å². The molecule has 0 saturated carbocycles. The number of nitrogens with zero attached hydrogens (tertiary/aromatic N) is 1. The maximum absolute atomic E-state index is 12.0. The lowest BCUT2D eigenvalue weighted by molar-refractivity contribution is 0.0823. The molecule has 4 nitrogen and oxygen atoms in total. The molecule has 1 aromatic rings. The van der Waals surface area contributed by atoms with Gasteiger partial charge in [-0.1, -0.05) is 43.7 Å². The van der Waals surface area contributed by atoms with E-state index < -0.39 is 0 Å². The van der Waals surface area contributed by atoms with Crippen LogP contribution >= 0.6 is 0 Å². The minimum absolute atomic E-state index is 0.00145. The number of likely N-dealkylation sites (tertiary alicyclic amines) is 1.